The standard InChI is InChI=1S/C17H21N7O2/c1-11-8-13(21-20-11)17(25)24-7-5-3-4-6-14(24)15-19-16(26-22-15)12-9-18-23(2)10-12/h8-10,14H,3-7H2,1-2H3,(H,20,21). The van der Waals surface area contributed by atoms with Crippen LogP contribution in [0.15, 0.2) is 23.0 Å². The monoisotopic (exact) mass is 355 g/mol. The Morgan fingerprint density at radius 3 is 2.96 bits per heavy atom. The summed E-state index contributed by atoms with van der Waals surface area (Å²) in [5, 5.41) is 15.2. The van der Waals surface area contributed by atoms with E-state index in [0.717, 1.165) is 36.9 Å². The number of hydrogen-bond acceptors (Lipinski definition) is 6. The molecule has 136 valence electrons. The van der Waals surface area contributed by atoms with Crippen molar-refractivity contribution in [3.8, 4) is 11.5 Å². The van der Waals surface area contributed by atoms with E-state index in [4.69, 9.17) is 4.52 Å². The Morgan fingerprint density at radius 2 is 2.23 bits per heavy atom. The summed E-state index contributed by atoms with van der Waals surface area (Å²) in [6.07, 6.45) is 7.36. The molecule has 3 aromatic rings. The third kappa shape index (κ3) is 3.12. The number of aromatic nitrogens is 6. The molecule has 0 aliphatic carbocycles. The van der Waals surface area contributed by atoms with Gasteiger partial charge in [0.2, 0.25) is 0 Å². The molecule has 1 amide bonds. The van der Waals surface area contributed by atoms with Crippen LogP contribution in [0.4, 0.5) is 0 Å². The van der Waals surface area contributed by atoms with Gasteiger partial charge in [-0.3, -0.25) is 14.6 Å². The molecule has 1 atom stereocenters. The fraction of sp³-hybridized carbons (Fsp3) is 0.471. The maximum Gasteiger partial charge on any atom is 0.274 e. The van der Waals surface area contributed by atoms with Crippen molar-refractivity contribution in [2.75, 3.05) is 6.54 Å². The quantitative estimate of drug-likeness (QED) is 0.772. The zero-order valence-electron chi connectivity index (χ0n) is 14.8. The number of aryl methyl sites for hydroxylation is 2. The number of carbonyl (C=O) groups is 1. The molecule has 0 saturated carbocycles. The predicted molar refractivity (Wildman–Crippen MR) is 92.1 cm³/mol. The normalized spacial score (nSPS) is 18.1. The Balaban J connectivity index is 1.63. The molecule has 26 heavy (non-hydrogen) atoms. The predicted octanol–water partition coefficient (Wildman–Crippen LogP) is 2.26. The fourth-order valence-corrected chi connectivity index (χ4v) is 3.31. The average molecular weight is 355 g/mol. The number of nitrogens with zero attached hydrogens (tertiary/aromatic N) is 6. The number of H-pyrrole nitrogens is 1. The van der Waals surface area contributed by atoms with Gasteiger partial charge in [-0.15, -0.1) is 0 Å². The lowest BCUT2D eigenvalue weighted by Gasteiger charge is -2.27. The molecule has 4 heterocycles. The molecule has 4 rings (SSSR count). The van der Waals surface area contributed by atoms with Gasteiger partial charge in [-0.25, -0.2) is 0 Å². The Hall–Kier alpha value is -2.97. The maximum absolute atomic E-state index is 13.0. The summed E-state index contributed by atoms with van der Waals surface area (Å²) in [7, 11) is 1.83. The first-order valence-electron chi connectivity index (χ1n) is 8.77. The number of likely N-dealkylation sites (tertiary alicyclic amines) is 1. The maximum atomic E-state index is 13.0. The van der Waals surface area contributed by atoms with Gasteiger partial charge in [-0.05, 0) is 25.8 Å². The fourth-order valence-electron chi connectivity index (χ4n) is 3.31. The largest absolute Gasteiger partial charge is 0.334 e. The summed E-state index contributed by atoms with van der Waals surface area (Å²) in [4.78, 5) is 19.3. The Labute approximate surface area is 150 Å². The van der Waals surface area contributed by atoms with Crippen molar-refractivity contribution < 1.29 is 9.32 Å². The summed E-state index contributed by atoms with van der Waals surface area (Å²) < 4.78 is 7.10. The van der Waals surface area contributed by atoms with Crippen LogP contribution in [0.25, 0.3) is 11.5 Å². The second kappa shape index (κ2) is 6.74. The lowest BCUT2D eigenvalue weighted by atomic mass is 10.1. The van der Waals surface area contributed by atoms with Crippen molar-refractivity contribution in [1.82, 2.24) is 35.0 Å². The van der Waals surface area contributed by atoms with Crippen LogP contribution in [-0.2, 0) is 7.05 Å². The molecule has 1 fully saturated rings. The number of carbonyl (C=O) groups excluding carboxylic acids is 1. The van der Waals surface area contributed by atoms with Crippen LogP contribution in [0.5, 0.6) is 0 Å². The minimum atomic E-state index is -0.212. The third-order valence-electron chi connectivity index (χ3n) is 4.63. The Kier molecular flexibility index (Phi) is 4.27. The molecule has 3 aromatic heterocycles. The van der Waals surface area contributed by atoms with Gasteiger partial charge in [0.15, 0.2) is 5.82 Å². The van der Waals surface area contributed by atoms with Crippen molar-refractivity contribution in [2.45, 2.75) is 38.6 Å². The SMILES string of the molecule is Cc1cc(C(=O)N2CCCCCC2c2noc(-c3cnn(C)c3)n2)n[nH]1. The van der Waals surface area contributed by atoms with Gasteiger partial charge in [0, 0.05) is 25.5 Å². The first kappa shape index (κ1) is 16.5. The van der Waals surface area contributed by atoms with Gasteiger partial charge in [-0.2, -0.15) is 15.2 Å². The van der Waals surface area contributed by atoms with Crippen molar-refractivity contribution in [2.24, 2.45) is 7.05 Å². The van der Waals surface area contributed by atoms with Crippen molar-refractivity contribution in [1.29, 1.82) is 0 Å². The van der Waals surface area contributed by atoms with Crippen LogP contribution in [0.1, 0.15) is 53.7 Å². The van der Waals surface area contributed by atoms with Crippen LogP contribution in [0.2, 0.25) is 0 Å². The van der Waals surface area contributed by atoms with E-state index < -0.39 is 0 Å². The van der Waals surface area contributed by atoms with Crippen LogP contribution in [0, 0.1) is 6.92 Å². The van der Waals surface area contributed by atoms with E-state index in [-0.39, 0.29) is 11.9 Å². The molecular formula is C17H21N7O2. The molecule has 1 saturated heterocycles. The van der Waals surface area contributed by atoms with E-state index in [0.29, 0.717) is 24.0 Å². The summed E-state index contributed by atoms with van der Waals surface area (Å²) in [6, 6.07) is 1.55. The molecule has 0 spiro atoms. The second-order valence-corrected chi connectivity index (χ2v) is 6.66. The number of amides is 1. The van der Waals surface area contributed by atoms with Gasteiger partial charge in [0.25, 0.3) is 11.8 Å². The first-order chi connectivity index (χ1) is 12.6. The van der Waals surface area contributed by atoms with Crippen LogP contribution >= 0.6 is 0 Å². The highest BCUT2D eigenvalue weighted by Gasteiger charge is 2.32. The molecule has 0 radical (unpaired) electrons. The van der Waals surface area contributed by atoms with Gasteiger partial charge in [0.05, 0.1) is 17.8 Å². The zero-order chi connectivity index (χ0) is 18.1. The lowest BCUT2D eigenvalue weighted by Crippen LogP contribution is -2.35. The van der Waals surface area contributed by atoms with Crippen molar-refractivity contribution in [3.63, 3.8) is 0 Å². The minimum Gasteiger partial charge on any atom is -0.334 e. The zero-order valence-corrected chi connectivity index (χ0v) is 14.8. The number of hydrogen-bond donors (Lipinski definition) is 1. The molecular weight excluding hydrogens is 334 g/mol. The molecule has 0 bridgehead atoms. The van der Waals surface area contributed by atoms with Gasteiger partial charge in [-0.1, -0.05) is 18.0 Å². The Bertz CT molecular complexity index is 910. The molecule has 9 nitrogen and oxygen atoms in total. The summed E-state index contributed by atoms with van der Waals surface area (Å²) in [5.74, 6) is 0.848. The lowest BCUT2D eigenvalue weighted by molar-refractivity contribution is 0.0664. The molecule has 0 aromatic carbocycles. The molecule has 1 N–H and O–H groups in total. The number of nitrogens with one attached hydrogen (secondary N) is 1. The molecule has 1 aliphatic rings. The van der Waals surface area contributed by atoms with E-state index in [2.05, 4.69) is 25.4 Å². The third-order valence-corrected chi connectivity index (χ3v) is 4.63. The van der Waals surface area contributed by atoms with Crippen molar-refractivity contribution >= 4 is 5.91 Å². The van der Waals surface area contributed by atoms with E-state index >= 15 is 0 Å². The van der Waals surface area contributed by atoms with Gasteiger partial charge >= 0.3 is 0 Å². The topological polar surface area (TPSA) is 106 Å². The van der Waals surface area contributed by atoms with E-state index in [9.17, 15) is 4.79 Å². The van der Waals surface area contributed by atoms with E-state index in [1.807, 2.05) is 25.1 Å². The molecule has 1 aliphatic heterocycles. The smallest absolute Gasteiger partial charge is 0.274 e. The first-order valence-corrected chi connectivity index (χ1v) is 8.77. The van der Waals surface area contributed by atoms with E-state index in [1.165, 1.54) is 0 Å². The number of rotatable bonds is 3. The van der Waals surface area contributed by atoms with Gasteiger partial charge < -0.3 is 9.42 Å². The Morgan fingerprint density at radius 1 is 1.35 bits per heavy atom. The van der Waals surface area contributed by atoms with Crippen LogP contribution < -0.4 is 0 Å². The summed E-state index contributed by atoms with van der Waals surface area (Å²) in [5.41, 5.74) is 2.05. The second-order valence-electron chi connectivity index (χ2n) is 6.66. The van der Waals surface area contributed by atoms with Crippen LogP contribution in [-0.4, -0.2) is 47.5 Å². The highest BCUT2D eigenvalue weighted by Crippen LogP contribution is 2.31. The summed E-state index contributed by atoms with van der Waals surface area (Å²) >= 11 is 0. The van der Waals surface area contributed by atoms with Gasteiger partial charge in [0.1, 0.15) is 5.69 Å². The highest BCUT2D eigenvalue weighted by atomic mass is 16.5. The number of aromatic amines is 1. The average Bonchev–Trinajstić information content (AvgIpc) is 3.33. The van der Waals surface area contributed by atoms with Crippen LogP contribution in [0.3, 0.4) is 0 Å². The molecule has 9 heteroatoms. The van der Waals surface area contributed by atoms with Crippen molar-refractivity contribution in [3.05, 3.63) is 35.7 Å². The van der Waals surface area contributed by atoms with E-state index in [1.54, 1.807) is 16.9 Å². The summed E-state index contributed by atoms with van der Waals surface area (Å²) in [6.45, 7) is 2.54. The molecule has 1 unspecified atom stereocenters. The minimum absolute atomic E-state index is 0.103. The highest BCUT2D eigenvalue weighted by molar-refractivity contribution is 5.92.